The Hall–Kier alpha value is -1.65. The second-order valence-corrected chi connectivity index (χ2v) is 6.55. The number of hydrogen-bond acceptors (Lipinski definition) is 5. The van der Waals surface area contributed by atoms with Gasteiger partial charge in [-0.05, 0) is 13.3 Å². The molecule has 0 aromatic heterocycles. The number of fused-ring (bicyclic) bond motifs is 1. The van der Waals surface area contributed by atoms with Crippen LogP contribution in [0.25, 0.3) is 0 Å². The molecule has 0 saturated carbocycles. The van der Waals surface area contributed by atoms with Crippen LogP contribution >= 0.6 is 0 Å². The number of allylic oxidation sites excluding steroid dienone is 1. The molecule has 0 aromatic carbocycles. The molecular weight excluding hydrogens is 284 g/mol. The average molecular weight is 308 g/mol. The first-order valence-electron chi connectivity index (χ1n) is 7.85. The van der Waals surface area contributed by atoms with Gasteiger partial charge in [-0.25, -0.2) is 0 Å². The standard InChI is InChI=1S/C17H24O5/c1-9-5-6-13(19)10(2)8-15-16(11(3)17(20)22-15)14(7-9)21-12(4)18/h5,10-11,14-16H,6-8H2,1-4H3. The highest BCUT2D eigenvalue weighted by Gasteiger charge is 2.48. The second-order valence-electron chi connectivity index (χ2n) is 6.55. The molecule has 5 nitrogen and oxygen atoms in total. The van der Waals surface area contributed by atoms with E-state index < -0.39 is 0 Å². The summed E-state index contributed by atoms with van der Waals surface area (Å²) in [6.45, 7) is 6.97. The van der Waals surface area contributed by atoms with E-state index in [9.17, 15) is 14.4 Å². The largest absolute Gasteiger partial charge is 0.462 e. The van der Waals surface area contributed by atoms with Crippen molar-refractivity contribution in [3.05, 3.63) is 11.6 Å². The Morgan fingerprint density at radius 3 is 2.64 bits per heavy atom. The van der Waals surface area contributed by atoms with Crippen LogP contribution in [-0.2, 0) is 23.9 Å². The molecule has 1 aliphatic heterocycles. The zero-order valence-corrected chi connectivity index (χ0v) is 13.6. The van der Waals surface area contributed by atoms with Crippen molar-refractivity contribution in [2.75, 3.05) is 0 Å². The van der Waals surface area contributed by atoms with Crippen molar-refractivity contribution in [1.29, 1.82) is 0 Å². The highest BCUT2D eigenvalue weighted by Crippen LogP contribution is 2.38. The summed E-state index contributed by atoms with van der Waals surface area (Å²) in [6, 6.07) is 0. The number of ether oxygens (including phenoxy) is 2. The van der Waals surface area contributed by atoms with Gasteiger partial charge in [0.2, 0.25) is 0 Å². The molecule has 2 rings (SSSR count). The summed E-state index contributed by atoms with van der Waals surface area (Å²) in [5.74, 6) is -1.18. The molecule has 0 spiro atoms. The van der Waals surface area contributed by atoms with Gasteiger partial charge >= 0.3 is 11.9 Å². The van der Waals surface area contributed by atoms with Gasteiger partial charge in [0, 0.05) is 31.6 Å². The Balaban J connectivity index is 2.35. The number of rotatable bonds is 1. The van der Waals surface area contributed by atoms with Crippen LogP contribution in [0.5, 0.6) is 0 Å². The molecule has 0 radical (unpaired) electrons. The normalized spacial score (nSPS) is 36.2. The second kappa shape index (κ2) is 6.63. The fourth-order valence-electron chi connectivity index (χ4n) is 3.41. The Morgan fingerprint density at radius 2 is 2.00 bits per heavy atom. The van der Waals surface area contributed by atoms with E-state index in [0.717, 1.165) is 5.57 Å². The summed E-state index contributed by atoms with van der Waals surface area (Å²) in [5, 5.41) is 0. The van der Waals surface area contributed by atoms with Crippen molar-refractivity contribution >= 4 is 17.7 Å². The highest BCUT2D eigenvalue weighted by molar-refractivity contribution is 5.82. The third kappa shape index (κ3) is 3.57. The third-order valence-corrected chi connectivity index (χ3v) is 4.70. The topological polar surface area (TPSA) is 69.7 Å². The van der Waals surface area contributed by atoms with Crippen LogP contribution in [0.1, 0.15) is 47.0 Å². The van der Waals surface area contributed by atoms with Crippen LogP contribution in [0.4, 0.5) is 0 Å². The van der Waals surface area contributed by atoms with Crippen LogP contribution in [-0.4, -0.2) is 29.9 Å². The molecule has 5 unspecified atom stereocenters. The summed E-state index contributed by atoms with van der Waals surface area (Å²) in [6.07, 6.45) is 2.55. The molecule has 2 aliphatic rings. The minimum atomic E-state index is -0.388. The van der Waals surface area contributed by atoms with Crippen LogP contribution < -0.4 is 0 Å². The van der Waals surface area contributed by atoms with E-state index >= 15 is 0 Å². The number of Topliss-reactive ketones (excluding diaryl/α,β-unsaturated/α-hetero) is 1. The molecule has 122 valence electrons. The predicted octanol–water partition coefficient (Wildman–Crippen LogP) is 2.43. The minimum Gasteiger partial charge on any atom is -0.462 e. The molecule has 5 heteroatoms. The molecule has 0 aromatic rings. The van der Waals surface area contributed by atoms with Crippen LogP contribution in [0.15, 0.2) is 11.6 Å². The van der Waals surface area contributed by atoms with E-state index in [4.69, 9.17) is 9.47 Å². The number of ketones is 1. The van der Waals surface area contributed by atoms with E-state index in [0.29, 0.717) is 19.3 Å². The van der Waals surface area contributed by atoms with Gasteiger partial charge in [-0.2, -0.15) is 0 Å². The van der Waals surface area contributed by atoms with E-state index in [1.54, 1.807) is 6.92 Å². The lowest BCUT2D eigenvalue weighted by atomic mass is 9.79. The van der Waals surface area contributed by atoms with Crippen LogP contribution in [0.3, 0.4) is 0 Å². The van der Waals surface area contributed by atoms with Crippen molar-refractivity contribution < 1.29 is 23.9 Å². The van der Waals surface area contributed by atoms with Crippen molar-refractivity contribution in [3.63, 3.8) is 0 Å². The Bertz CT molecular complexity index is 507. The van der Waals surface area contributed by atoms with Crippen molar-refractivity contribution in [1.82, 2.24) is 0 Å². The first-order chi connectivity index (χ1) is 10.3. The summed E-state index contributed by atoms with van der Waals surface area (Å²) >= 11 is 0. The van der Waals surface area contributed by atoms with Crippen molar-refractivity contribution in [3.8, 4) is 0 Å². The summed E-state index contributed by atoms with van der Waals surface area (Å²) in [7, 11) is 0. The van der Waals surface area contributed by atoms with Gasteiger partial charge in [0.15, 0.2) is 0 Å². The summed E-state index contributed by atoms with van der Waals surface area (Å²) in [5.41, 5.74) is 0.999. The lowest BCUT2D eigenvalue weighted by Gasteiger charge is -2.30. The quantitative estimate of drug-likeness (QED) is 0.549. The zero-order valence-electron chi connectivity index (χ0n) is 13.6. The molecule has 5 atom stereocenters. The van der Waals surface area contributed by atoms with Crippen molar-refractivity contribution in [2.45, 2.75) is 59.2 Å². The number of carbonyl (C=O) groups is 3. The van der Waals surface area contributed by atoms with Gasteiger partial charge in [0.25, 0.3) is 0 Å². The Morgan fingerprint density at radius 1 is 1.32 bits per heavy atom. The summed E-state index contributed by atoms with van der Waals surface area (Å²) < 4.78 is 11.0. The minimum absolute atomic E-state index is 0.152. The van der Waals surface area contributed by atoms with Gasteiger partial charge in [0.1, 0.15) is 18.0 Å². The molecular formula is C17H24O5. The highest BCUT2D eigenvalue weighted by atomic mass is 16.6. The molecule has 0 amide bonds. The molecule has 0 N–H and O–H groups in total. The van der Waals surface area contributed by atoms with Gasteiger partial charge in [0.05, 0.1) is 5.92 Å². The molecule has 1 fully saturated rings. The number of hydrogen-bond donors (Lipinski definition) is 0. The molecule has 22 heavy (non-hydrogen) atoms. The predicted molar refractivity (Wildman–Crippen MR) is 79.9 cm³/mol. The Labute approximate surface area is 131 Å². The maximum Gasteiger partial charge on any atom is 0.309 e. The number of esters is 2. The third-order valence-electron chi connectivity index (χ3n) is 4.70. The summed E-state index contributed by atoms with van der Waals surface area (Å²) in [4.78, 5) is 35.5. The zero-order chi connectivity index (χ0) is 16.4. The van der Waals surface area contributed by atoms with Gasteiger partial charge in [-0.3, -0.25) is 14.4 Å². The Kier molecular flexibility index (Phi) is 5.04. The van der Waals surface area contributed by atoms with E-state index in [-0.39, 0.29) is 47.7 Å². The van der Waals surface area contributed by atoms with Crippen LogP contribution in [0.2, 0.25) is 0 Å². The lowest BCUT2D eigenvalue weighted by molar-refractivity contribution is -0.151. The SMILES string of the molecule is CC(=O)OC1CC(C)=CCC(=O)C(C)CC2OC(=O)C(C)C12. The molecule has 1 saturated heterocycles. The lowest BCUT2D eigenvalue weighted by Crippen LogP contribution is -2.37. The fourth-order valence-corrected chi connectivity index (χ4v) is 3.41. The van der Waals surface area contributed by atoms with Crippen molar-refractivity contribution in [2.24, 2.45) is 17.8 Å². The molecule has 0 bridgehead atoms. The molecule has 1 aliphatic carbocycles. The average Bonchev–Trinajstić information content (AvgIpc) is 2.69. The molecule has 1 heterocycles. The monoisotopic (exact) mass is 308 g/mol. The number of carbonyl (C=O) groups excluding carboxylic acids is 3. The van der Waals surface area contributed by atoms with E-state index in [1.165, 1.54) is 6.92 Å². The van der Waals surface area contributed by atoms with Gasteiger partial charge < -0.3 is 9.47 Å². The van der Waals surface area contributed by atoms with E-state index in [1.807, 2.05) is 19.9 Å². The van der Waals surface area contributed by atoms with Gasteiger partial charge in [-0.15, -0.1) is 0 Å². The first-order valence-corrected chi connectivity index (χ1v) is 7.85. The first kappa shape index (κ1) is 16.7. The fraction of sp³-hybridized carbons (Fsp3) is 0.706. The maximum atomic E-state index is 12.1. The van der Waals surface area contributed by atoms with Gasteiger partial charge in [-0.1, -0.05) is 25.5 Å². The van der Waals surface area contributed by atoms with E-state index in [2.05, 4.69) is 0 Å². The maximum absolute atomic E-state index is 12.1. The van der Waals surface area contributed by atoms with Crippen LogP contribution in [0, 0.1) is 17.8 Å². The smallest absolute Gasteiger partial charge is 0.309 e.